The van der Waals surface area contributed by atoms with E-state index in [-0.39, 0.29) is 35.5 Å². The highest BCUT2D eigenvalue weighted by Gasteiger charge is 2.76. The Kier molecular flexibility index (Phi) is 7.81. The fraction of sp³-hybridized carbons (Fsp3) is 0.364. The molecule has 3 fully saturated rings. The predicted molar refractivity (Wildman–Crippen MR) is 165 cm³/mol. The number of carbonyl (C=O) groups is 3. The Bertz CT molecular complexity index is 1490. The zero-order valence-electron chi connectivity index (χ0n) is 23.5. The van der Waals surface area contributed by atoms with Gasteiger partial charge in [0.05, 0.1) is 39.9 Å². The van der Waals surface area contributed by atoms with Gasteiger partial charge in [-0.1, -0.05) is 91.3 Å². The van der Waals surface area contributed by atoms with Crippen molar-refractivity contribution < 1.29 is 19.5 Å². The molecule has 2 bridgehead atoms. The quantitative estimate of drug-likeness (QED) is 0.338. The van der Waals surface area contributed by atoms with Crippen molar-refractivity contribution in [2.45, 2.75) is 48.9 Å². The summed E-state index contributed by atoms with van der Waals surface area (Å²) in [6.07, 6.45) is 0.718. The lowest BCUT2D eigenvalue weighted by molar-refractivity contribution is -0.142. The summed E-state index contributed by atoms with van der Waals surface area (Å²) < 4.78 is -0.835. The zero-order valence-corrected chi connectivity index (χ0v) is 25.1. The lowest BCUT2D eigenvalue weighted by Crippen LogP contribution is -2.55. The van der Waals surface area contributed by atoms with Crippen molar-refractivity contribution in [1.29, 1.82) is 0 Å². The highest BCUT2D eigenvalue weighted by molar-refractivity contribution is 8.02. The molecule has 3 N–H and O–H groups in total. The van der Waals surface area contributed by atoms with Gasteiger partial charge in [-0.25, -0.2) is 0 Å². The molecule has 3 heterocycles. The third-order valence-electron chi connectivity index (χ3n) is 9.21. The molecule has 3 aliphatic heterocycles. The number of benzene rings is 3. The van der Waals surface area contributed by atoms with Crippen molar-refractivity contribution in [3.63, 3.8) is 0 Å². The van der Waals surface area contributed by atoms with E-state index in [2.05, 4.69) is 17.6 Å². The third kappa shape index (κ3) is 4.60. The monoisotopic (exact) mass is 603 g/mol. The Morgan fingerprint density at radius 2 is 1.74 bits per heavy atom. The smallest absolute Gasteiger partial charge is 0.248 e. The van der Waals surface area contributed by atoms with Crippen LogP contribution >= 0.6 is 23.4 Å². The second-order valence-corrected chi connectivity index (χ2v) is 13.5. The molecule has 42 heavy (non-hydrogen) atoms. The molecular formula is C33H34ClN3O4S. The normalized spacial score (nSPS) is 28.4. The summed E-state index contributed by atoms with van der Waals surface area (Å²) in [7, 11) is 0. The number of halogens is 1. The molecule has 0 aromatic heterocycles. The van der Waals surface area contributed by atoms with Gasteiger partial charge in [-0.2, -0.15) is 0 Å². The Morgan fingerprint density at radius 1 is 1.05 bits per heavy atom. The van der Waals surface area contributed by atoms with Crippen LogP contribution in [0, 0.1) is 24.7 Å². The molecule has 6 rings (SSSR count). The SMILES string of the molecule is Cc1cccc(Cl)c1NC(=O)C1N([C@H](CO)c2ccccc2)C(=O)[C@@H]2[C@@H](C(=O)NCc3ccccc3)[C@H]3CC(C)C12S3. The molecule has 7 atom stereocenters. The first-order chi connectivity index (χ1) is 20.3. The number of aliphatic hydroxyl groups excluding tert-OH is 1. The van der Waals surface area contributed by atoms with Gasteiger partial charge in [-0.3, -0.25) is 14.4 Å². The van der Waals surface area contributed by atoms with Crippen LogP contribution in [0.4, 0.5) is 5.69 Å². The Hall–Kier alpha value is -3.33. The Labute approximate surface area is 255 Å². The van der Waals surface area contributed by atoms with Gasteiger partial charge in [0.25, 0.3) is 0 Å². The topological polar surface area (TPSA) is 98.7 Å². The number of thioether (sulfide) groups is 1. The lowest BCUT2D eigenvalue weighted by Gasteiger charge is -2.40. The molecule has 218 valence electrons. The van der Waals surface area contributed by atoms with Crippen LogP contribution < -0.4 is 10.6 Å². The van der Waals surface area contributed by atoms with Gasteiger partial charge >= 0.3 is 0 Å². The van der Waals surface area contributed by atoms with Gasteiger partial charge in [-0.15, -0.1) is 11.8 Å². The van der Waals surface area contributed by atoms with Crippen molar-refractivity contribution in [3.05, 3.63) is 101 Å². The Morgan fingerprint density at radius 3 is 2.40 bits per heavy atom. The predicted octanol–water partition coefficient (Wildman–Crippen LogP) is 4.97. The van der Waals surface area contributed by atoms with Crippen LogP contribution in [0.25, 0.3) is 0 Å². The highest BCUT2D eigenvalue weighted by Crippen LogP contribution is 2.69. The molecular weight excluding hydrogens is 570 g/mol. The molecule has 0 aliphatic carbocycles. The van der Waals surface area contributed by atoms with Crippen LogP contribution in [-0.2, 0) is 20.9 Å². The number of fused-ring (bicyclic) bond motifs is 1. The number of aryl methyl sites for hydroxylation is 1. The highest BCUT2D eigenvalue weighted by atomic mass is 35.5. The molecule has 7 nitrogen and oxygen atoms in total. The maximum Gasteiger partial charge on any atom is 0.248 e. The molecule has 1 spiro atoms. The van der Waals surface area contributed by atoms with Gasteiger partial charge in [0.15, 0.2) is 0 Å². The maximum atomic E-state index is 14.6. The minimum absolute atomic E-state index is 0.0113. The number of aliphatic hydroxyl groups is 1. The molecule has 3 aromatic rings. The number of para-hydroxylation sites is 1. The second kappa shape index (κ2) is 11.4. The Balaban J connectivity index is 1.41. The van der Waals surface area contributed by atoms with Crippen LogP contribution in [0.2, 0.25) is 5.02 Å². The van der Waals surface area contributed by atoms with Crippen LogP contribution in [0.3, 0.4) is 0 Å². The van der Waals surface area contributed by atoms with Crippen LogP contribution in [0.15, 0.2) is 78.9 Å². The summed E-state index contributed by atoms with van der Waals surface area (Å²) in [5.41, 5.74) is 3.01. The van der Waals surface area contributed by atoms with Gasteiger partial charge in [-0.05, 0) is 42.0 Å². The third-order valence-corrected chi connectivity index (χ3v) is 11.6. The van der Waals surface area contributed by atoms with Crippen LogP contribution in [0.1, 0.15) is 36.1 Å². The standard InChI is InChI=1S/C33H34ClN3O4S/c1-19-10-9-15-23(34)28(19)36-31(40)29-33-20(2)16-25(42-33)26(30(39)35-17-21-11-5-3-6-12-21)27(33)32(41)37(29)24(18-38)22-13-7-4-8-14-22/h3-15,20,24-27,29,38H,16-18H2,1-2H3,(H,35,39)(H,36,40)/t20?,24-,25-,26+,27+,29?,33?/m1/s1. The fourth-order valence-corrected chi connectivity index (χ4v) is 9.99. The molecule has 3 amide bonds. The number of nitrogens with one attached hydrogen (secondary N) is 2. The summed E-state index contributed by atoms with van der Waals surface area (Å²) >= 11 is 8.11. The van der Waals surface area contributed by atoms with Gasteiger partial charge < -0.3 is 20.6 Å². The summed E-state index contributed by atoms with van der Waals surface area (Å²) in [6.45, 7) is 3.94. The number of rotatable bonds is 8. The number of hydrogen-bond acceptors (Lipinski definition) is 5. The summed E-state index contributed by atoms with van der Waals surface area (Å²) in [5.74, 6) is -2.10. The largest absolute Gasteiger partial charge is 0.394 e. The average Bonchev–Trinajstić information content (AvgIpc) is 3.59. The van der Waals surface area contributed by atoms with E-state index in [9.17, 15) is 19.5 Å². The zero-order chi connectivity index (χ0) is 29.6. The number of nitrogens with zero attached hydrogens (tertiary/aromatic N) is 1. The van der Waals surface area contributed by atoms with Crippen molar-refractivity contribution in [2.24, 2.45) is 17.8 Å². The van der Waals surface area contributed by atoms with Crippen molar-refractivity contribution in [3.8, 4) is 0 Å². The van der Waals surface area contributed by atoms with E-state index in [4.69, 9.17) is 11.6 Å². The second-order valence-electron chi connectivity index (χ2n) is 11.5. The first-order valence-corrected chi connectivity index (χ1v) is 15.6. The summed E-state index contributed by atoms with van der Waals surface area (Å²) in [4.78, 5) is 44.4. The molecule has 3 aliphatic rings. The summed E-state index contributed by atoms with van der Waals surface area (Å²) in [6, 6.07) is 22.7. The van der Waals surface area contributed by atoms with Gasteiger partial charge in [0.2, 0.25) is 17.7 Å². The van der Waals surface area contributed by atoms with E-state index in [0.717, 1.165) is 23.1 Å². The number of carbonyl (C=O) groups excluding carboxylic acids is 3. The van der Waals surface area contributed by atoms with E-state index in [0.29, 0.717) is 17.3 Å². The van der Waals surface area contributed by atoms with Crippen molar-refractivity contribution >= 4 is 46.8 Å². The fourth-order valence-electron chi connectivity index (χ4n) is 7.31. The lowest BCUT2D eigenvalue weighted by atomic mass is 9.66. The minimum Gasteiger partial charge on any atom is -0.394 e. The van der Waals surface area contributed by atoms with E-state index in [1.54, 1.807) is 22.7 Å². The number of likely N-dealkylation sites (tertiary alicyclic amines) is 1. The van der Waals surface area contributed by atoms with Crippen molar-refractivity contribution in [2.75, 3.05) is 11.9 Å². The average molecular weight is 604 g/mol. The van der Waals surface area contributed by atoms with E-state index in [1.165, 1.54) is 0 Å². The van der Waals surface area contributed by atoms with E-state index < -0.39 is 28.7 Å². The number of amides is 3. The molecule has 9 heteroatoms. The molecule has 0 saturated carbocycles. The van der Waals surface area contributed by atoms with E-state index >= 15 is 0 Å². The molecule has 3 unspecified atom stereocenters. The maximum absolute atomic E-state index is 14.6. The first-order valence-electron chi connectivity index (χ1n) is 14.3. The molecule has 3 saturated heterocycles. The van der Waals surface area contributed by atoms with Gasteiger partial charge in [0.1, 0.15) is 6.04 Å². The van der Waals surface area contributed by atoms with Gasteiger partial charge in [0, 0.05) is 11.8 Å². The molecule has 0 radical (unpaired) electrons. The summed E-state index contributed by atoms with van der Waals surface area (Å²) in [5, 5.41) is 17.1. The van der Waals surface area contributed by atoms with Crippen LogP contribution in [0.5, 0.6) is 0 Å². The van der Waals surface area contributed by atoms with Crippen LogP contribution in [-0.4, -0.2) is 50.4 Å². The minimum atomic E-state index is -0.917. The number of hydrogen-bond donors (Lipinski definition) is 3. The van der Waals surface area contributed by atoms with Crippen molar-refractivity contribution in [1.82, 2.24) is 10.2 Å². The van der Waals surface area contributed by atoms with E-state index in [1.807, 2.05) is 79.7 Å². The molecule has 3 aromatic carbocycles. The number of anilines is 1. The first kappa shape index (κ1) is 28.8.